The first-order valence-electron chi connectivity index (χ1n) is 13.1. The number of amides is 3. The van der Waals surface area contributed by atoms with Crippen LogP contribution in [-0.2, 0) is 22.4 Å². The number of nitro benzene ring substituents is 1. The zero-order valence-corrected chi connectivity index (χ0v) is 23.4. The zero-order valence-electron chi connectivity index (χ0n) is 22.6. The van der Waals surface area contributed by atoms with Crippen molar-refractivity contribution >= 4 is 45.7 Å². The van der Waals surface area contributed by atoms with Crippen molar-refractivity contribution in [2.24, 2.45) is 11.3 Å². The second-order valence-corrected chi connectivity index (χ2v) is 12.2. The highest BCUT2D eigenvalue weighted by atomic mass is 32.1. The van der Waals surface area contributed by atoms with Gasteiger partial charge in [-0.2, -0.15) is 0 Å². The molecule has 3 amide bonds. The number of methoxy groups -OCH3 is 1. The number of benzene rings is 1. The van der Waals surface area contributed by atoms with Gasteiger partial charge in [0.2, 0.25) is 5.91 Å². The first kappa shape index (κ1) is 28.4. The Balaban J connectivity index is 1.31. The number of nitro groups is 1. The molecule has 0 radical (unpaired) electrons. The maximum Gasteiger partial charge on any atom is 0.341 e. The predicted octanol–water partition coefficient (Wildman–Crippen LogP) is 5.39. The lowest BCUT2D eigenvalue weighted by atomic mass is 9.72. The maximum atomic E-state index is 12.7. The monoisotopic (exact) mass is 555 g/mol. The Kier molecular flexibility index (Phi) is 8.20. The van der Waals surface area contributed by atoms with Crippen molar-refractivity contribution in [2.45, 2.75) is 65.7 Å². The third-order valence-electron chi connectivity index (χ3n) is 7.59. The molecule has 1 aliphatic heterocycles. The second kappa shape index (κ2) is 11.3. The summed E-state index contributed by atoms with van der Waals surface area (Å²) in [7, 11) is 1.34. The van der Waals surface area contributed by atoms with Crippen LogP contribution >= 0.6 is 11.3 Å². The standard InChI is InChI=1S/C28H33N3O7S/c1-28(2,3)16-12-13-17-20(15-16)39-24(23(17)27(35)38-4)29-21(32)11-6-5-7-14-30-25(33)18-9-8-10-19(31(36)37)22(18)26(30)34/h8-10,16H,5-7,11-15H2,1-4H3,(H,29,32). The molecule has 1 N–H and O–H groups in total. The van der Waals surface area contributed by atoms with Crippen molar-refractivity contribution in [3.63, 3.8) is 0 Å². The molecule has 10 nitrogen and oxygen atoms in total. The molecule has 1 unspecified atom stereocenters. The summed E-state index contributed by atoms with van der Waals surface area (Å²) in [5.74, 6) is -1.38. The predicted molar refractivity (Wildman–Crippen MR) is 146 cm³/mol. The van der Waals surface area contributed by atoms with Crippen molar-refractivity contribution in [3.05, 3.63) is 55.4 Å². The summed E-state index contributed by atoms with van der Waals surface area (Å²) < 4.78 is 5.02. The Morgan fingerprint density at radius 1 is 1.18 bits per heavy atom. The molecule has 0 bridgehead atoms. The number of carbonyl (C=O) groups is 4. The van der Waals surface area contributed by atoms with E-state index < -0.39 is 22.7 Å². The van der Waals surface area contributed by atoms with Gasteiger partial charge in [0.1, 0.15) is 10.6 Å². The highest BCUT2D eigenvalue weighted by Crippen LogP contribution is 2.44. The second-order valence-electron chi connectivity index (χ2n) is 11.1. The van der Waals surface area contributed by atoms with Gasteiger partial charge in [-0.3, -0.25) is 29.4 Å². The lowest BCUT2D eigenvalue weighted by molar-refractivity contribution is -0.385. The van der Waals surface area contributed by atoms with E-state index in [0.717, 1.165) is 34.6 Å². The Morgan fingerprint density at radius 3 is 2.59 bits per heavy atom. The minimum Gasteiger partial charge on any atom is -0.465 e. The van der Waals surface area contributed by atoms with E-state index >= 15 is 0 Å². The first-order valence-corrected chi connectivity index (χ1v) is 13.9. The van der Waals surface area contributed by atoms with Gasteiger partial charge in [0.25, 0.3) is 17.5 Å². The number of anilines is 1. The molecule has 208 valence electrons. The summed E-state index contributed by atoms with van der Waals surface area (Å²) in [6, 6.07) is 4.02. The molecule has 0 spiro atoms. The zero-order chi connectivity index (χ0) is 28.5. The number of rotatable bonds is 9. The molecule has 11 heteroatoms. The van der Waals surface area contributed by atoms with E-state index in [1.165, 1.54) is 36.6 Å². The summed E-state index contributed by atoms with van der Waals surface area (Å²) >= 11 is 1.45. The molecule has 4 rings (SSSR count). The molecule has 2 heterocycles. The van der Waals surface area contributed by atoms with E-state index in [9.17, 15) is 29.3 Å². The largest absolute Gasteiger partial charge is 0.465 e. The molecule has 1 aliphatic carbocycles. The molecule has 0 saturated heterocycles. The van der Waals surface area contributed by atoms with Gasteiger partial charge in [-0.15, -0.1) is 11.3 Å². The fraction of sp³-hybridized carbons (Fsp3) is 0.500. The molecular weight excluding hydrogens is 522 g/mol. The molecule has 2 aromatic rings. The summed E-state index contributed by atoms with van der Waals surface area (Å²) in [6.07, 6.45) is 4.37. The molecule has 1 aromatic heterocycles. The number of imide groups is 1. The summed E-state index contributed by atoms with van der Waals surface area (Å²) in [5.41, 5.74) is 1.09. The topological polar surface area (TPSA) is 136 Å². The first-order chi connectivity index (χ1) is 18.4. The number of carbonyl (C=O) groups excluding carboxylic acids is 4. The van der Waals surface area contributed by atoms with Gasteiger partial charge in [0, 0.05) is 23.9 Å². The molecular formula is C28H33N3O7S. The van der Waals surface area contributed by atoms with Gasteiger partial charge in [-0.05, 0) is 55.1 Å². The fourth-order valence-electron chi connectivity index (χ4n) is 5.32. The summed E-state index contributed by atoms with van der Waals surface area (Å²) in [5, 5.41) is 14.7. The summed E-state index contributed by atoms with van der Waals surface area (Å²) in [4.78, 5) is 63.4. The van der Waals surface area contributed by atoms with Crippen molar-refractivity contribution in [1.29, 1.82) is 0 Å². The van der Waals surface area contributed by atoms with Gasteiger partial charge < -0.3 is 10.1 Å². The highest BCUT2D eigenvalue weighted by Gasteiger charge is 2.40. The molecule has 2 aliphatic rings. The quantitative estimate of drug-likeness (QED) is 0.144. The average molecular weight is 556 g/mol. The minimum atomic E-state index is -0.662. The number of esters is 1. The van der Waals surface area contributed by atoms with E-state index in [2.05, 4.69) is 26.1 Å². The number of nitrogens with zero attached hydrogens (tertiary/aromatic N) is 2. The lowest BCUT2D eigenvalue weighted by Gasteiger charge is -2.33. The molecule has 0 saturated carbocycles. The Morgan fingerprint density at radius 2 is 1.92 bits per heavy atom. The smallest absolute Gasteiger partial charge is 0.341 e. The normalized spacial score (nSPS) is 16.6. The van der Waals surface area contributed by atoms with Crippen molar-refractivity contribution in [1.82, 2.24) is 4.90 Å². The van der Waals surface area contributed by atoms with Crippen LogP contribution in [0, 0.1) is 21.4 Å². The van der Waals surface area contributed by atoms with E-state index in [-0.39, 0.29) is 41.1 Å². The molecule has 0 fully saturated rings. The third kappa shape index (κ3) is 5.73. The van der Waals surface area contributed by atoms with Crippen molar-refractivity contribution in [2.75, 3.05) is 19.0 Å². The third-order valence-corrected chi connectivity index (χ3v) is 8.76. The molecule has 1 atom stereocenters. The number of nitrogens with one attached hydrogen (secondary N) is 1. The summed E-state index contributed by atoms with van der Waals surface area (Å²) in [6.45, 7) is 6.78. The van der Waals surface area contributed by atoms with Crippen molar-refractivity contribution in [3.8, 4) is 0 Å². The highest BCUT2D eigenvalue weighted by molar-refractivity contribution is 7.17. The van der Waals surface area contributed by atoms with Crippen LogP contribution in [0.25, 0.3) is 0 Å². The van der Waals surface area contributed by atoms with E-state index in [4.69, 9.17) is 4.74 Å². The molecule has 1 aromatic carbocycles. The van der Waals surface area contributed by atoms with E-state index in [1.54, 1.807) is 0 Å². The maximum absolute atomic E-state index is 12.7. The SMILES string of the molecule is COC(=O)c1c(NC(=O)CCCCCN2C(=O)c3cccc([N+](=O)[O-])c3C2=O)sc2c1CCC(C(C)(C)C)C2. The van der Waals surface area contributed by atoms with Crippen LogP contribution < -0.4 is 5.32 Å². The van der Waals surface area contributed by atoms with Crippen LogP contribution in [0.3, 0.4) is 0 Å². The van der Waals surface area contributed by atoms with Crippen LogP contribution in [0.2, 0.25) is 0 Å². The lowest BCUT2D eigenvalue weighted by Crippen LogP contribution is -2.30. The number of hydrogen-bond acceptors (Lipinski definition) is 8. The van der Waals surface area contributed by atoms with Crippen LogP contribution in [0.1, 0.15) is 94.4 Å². The van der Waals surface area contributed by atoms with E-state index in [1.807, 2.05) is 0 Å². The van der Waals surface area contributed by atoms with Gasteiger partial charge >= 0.3 is 5.97 Å². The van der Waals surface area contributed by atoms with E-state index in [0.29, 0.717) is 35.7 Å². The van der Waals surface area contributed by atoms with Crippen LogP contribution in [-0.4, -0.2) is 47.2 Å². The number of fused-ring (bicyclic) bond motifs is 2. The van der Waals surface area contributed by atoms with Gasteiger partial charge in [-0.25, -0.2) is 4.79 Å². The van der Waals surface area contributed by atoms with Crippen molar-refractivity contribution < 1.29 is 28.8 Å². The Hall–Kier alpha value is -3.60. The van der Waals surface area contributed by atoms with Gasteiger partial charge in [-0.1, -0.05) is 33.3 Å². The van der Waals surface area contributed by atoms with Crippen LogP contribution in [0.15, 0.2) is 18.2 Å². The average Bonchev–Trinajstić information content (AvgIpc) is 3.36. The number of ether oxygens (including phenoxy) is 1. The Labute approximate surface area is 230 Å². The molecule has 39 heavy (non-hydrogen) atoms. The number of unbranched alkanes of at least 4 members (excludes halogenated alkanes) is 2. The minimum absolute atomic E-state index is 0.0439. The van der Waals surface area contributed by atoms with Gasteiger partial charge in [0.05, 0.1) is 23.2 Å². The Bertz CT molecular complexity index is 1340. The number of hydrogen-bond donors (Lipinski definition) is 1. The fourth-order valence-corrected chi connectivity index (χ4v) is 6.66. The van der Waals surface area contributed by atoms with Gasteiger partial charge in [0.15, 0.2) is 0 Å². The van der Waals surface area contributed by atoms with Crippen LogP contribution in [0.5, 0.6) is 0 Å². The number of thiophene rings is 1. The van der Waals surface area contributed by atoms with Crippen LogP contribution in [0.4, 0.5) is 10.7 Å².